The minimum atomic E-state index is -1.48. The molecule has 2 aromatic carbocycles. The molecular formula is C36H58CaO8. The number of hydrogen-bond donors (Lipinski definition) is 2. The zero-order valence-electron chi connectivity index (χ0n) is 30.3. The van der Waals surface area contributed by atoms with Crippen LogP contribution in [0.25, 0.3) is 0 Å². The maximum absolute atomic E-state index is 11.4. The van der Waals surface area contributed by atoms with Gasteiger partial charge in [-0.25, -0.2) is 0 Å². The quantitative estimate of drug-likeness (QED) is 0.236. The van der Waals surface area contributed by atoms with Crippen LogP contribution in [0, 0.1) is 0 Å². The van der Waals surface area contributed by atoms with Gasteiger partial charge in [0.1, 0.15) is 11.5 Å². The number of phenolic OH excluding ortho intramolecular Hbond substituents is 2. The molecule has 252 valence electrons. The van der Waals surface area contributed by atoms with E-state index >= 15 is 0 Å². The van der Waals surface area contributed by atoms with Gasteiger partial charge >= 0.3 is 37.7 Å². The van der Waals surface area contributed by atoms with E-state index in [1.807, 2.05) is 24.3 Å². The van der Waals surface area contributed by atoms with E-state index in [4.69, 9.17) is 18.9 Å². The molecule has 0 radical (unpaired) electrons. The number of aromatic hydroxyl groups is 2. The van der Waals surface area contributed by atoms with Crippen LogP contribution in [0.3, 0.4) is 0 Å². The Morgan fingerprint density at radius 1 is 0.511 bits per heavy atom. The topological polar surface area (TPSA) is 124 Å². The third-order valence-corrected chi connectivity index (χ3v) is 6.95. The molecule has 0 amide bonds. The van der Waals surface area contributed by atoms with Crippen molar-refractivity contribution in [3.05, 3.63) is 57.6 Å². The van der Waals surface area contributed by atoms with E-state index in [2.05, 4.69) is 83.1 Å². The molecule has 2 unspecified atom stereocenters. The summed E-state index contributed by atoms with van der Waals surface area (Å²) in [5, 5.41) is 44.1. The Morgan fingerprint density at radius 3 is 0.911 bits per heavy atom. The van der Waals surface area contributed by atoms with Gasteiger partial charge in [0.25, 0.3) is 0 Å². The van der Waals surface area contributed by atoms with E-state index in [1.54, 1.807) is 13.8 Å². The molecule has 2 N–H and O–H groups in total. The predicted octanol–water partition coefficient (Wildman–Crippen LogP) is 5.99. The van der Waals surface area contributed by atoms with Crippen molar-refractivity contribution >= 4 is 37.7 Å². The van der Waals surface area contributed by atoms with Gasteiger partial charge in [-0.2, -0.15) is 0 Å². The largest absolute Gasteiger partial charge is 2.00 e. The average molecular weight is 659 g/mol. The van der Waals surface area contributed by atoms with Crippen LogP contribution >= 0.6 is 0 Å². The van der Waals surface area contributed by atoms with Crippen LogP contribution in [0.4, 0.5) is 0 Å². The summed E-state index contributed by atoms with van der Waals surface area (Å²) in [4.78, 5) is 0. The number of ether oxygens (including phenoxy) is 4. The molecule has 0 fully saturated rings. The number of rotatable bonds is 10. The maximum atomic E-state index is 11.4. The van der Waals surface area contributed by atoms with Crippen molar-refractivity contribution < 1.29 is 39.4 Å². The number of phenols is 2. The number of hydrogen-bond acceptors (Lipinski definition) is 8. The van der Waals surface area contributed by atoms with Crippen LogP contribution < -0.4 is 10.2 Å². The van der Waals surface area contributed by atoms with Gasteiger partial charge in [0.2, 0.25) is 0 Å². The van der Waals surface area contributed by atoms with Crippen LogP contribution in [-0.2, 0) is 53.8 Å². The van der Waals surface area contributed by atoms with Crippen molar-refractivity contribution in [1.82, 2.24) is 0 Å². The fourth-order valence-electron chi connectivity index (χ4n) is 4.54. The molecular weight excluding hydrogens is 600 g/mol. The zero-order chi connectivity index (χ0) is 34.3. The second kappa shape index (κ2) is 18.0. The fourth-order valence-corrected chi connectivity index (χ4v) is 4.54. The van der Waals surface area contributed by atoms with Crippen molar-refractivity contribution in [2.24, 2.45) is 0 Å². The third kappa shape index (κ3) is 14.4. The van der Waals surface area contributed by atoms with Gasteiger partial charge in [0.15, 0.2) is 0 Å². The molecule has 8 nitrogen and oxygen atoms in total. The van der Waals surface area contributed by atoms with E-state index in [0.29, 0.717) is 24.7 Å². The Balaban J connectivity index is 0.000000842. The molecule has 0 aromatic heterocycles. The van der Waals surface area contributed by atoms with Crippen molar-refractivity contribution in [2.75, 3.05) is 13.2 Å². The fraction of sp³-hybridized carbons (Fsp3) is 0.667. The van der Waals surface area contributed by atoms with Crippen LogP contribution in [0.1, 0.15) is 130 Å². The van der Waals surface area contributed by atoms with E-state index < -0.39 is 13.0 Å². The van der Waals surface area contributed by atoms with Crippen molar-refractivity contribution in [2.45, 2.75) is 145 Å². The van der Waals surface area contributed by atoms with Crippen molar-refractivity contribution in [3.63, 3.8) is 0 Å². The molecule has 0 aliphatic carbocycles. The molecule has 2 rings (SSSR count). The monoisotopic (exact) mass is 658 g/mol. The van der Waals surface area contributed by atoms with Crippen molar-refractivity contribution in [1.29, 1.82) is 0 Å². The summed E-state index contributed by atoms with van der Waals surface area (Å²) in [6, 6.07) is 7.62. The summed E-state index contributed by atoms with van der Waals surface area (Å²) in [5.41, 5.74) is 4.38. The molecule has 2 aromatic rings. The summed E-state index contributed by atoms with van der Waals surface area (Å²) in [6.07, 6.45) is 0. The summed E-state index contributed by atoms with van der Waals surface area (Å²) < 4.78 is 20.1. The molecule has 0 bridgehead atoms. The summed E-state index contributed by atoms with van der Waals surface area (Å²) in [7, 11) is 0. The minimum absolute atomic E-state index is 0. The third-order valence-electron chi connectivity index (χ3n) is 6.95. The number of benzene rings is 2. The summed E-state index contributed by atoms with van der Waals surface area (Å²) >= 11 is 0. The Hall–Kier alpha value is -0.940. The molecule has 0 saturated heterocycles. The van der Waals surface area contributed by atoms with E-state index in [9.17, 15) is 20.4 Å². The molecule has 0 saturated carbocycles. The summed E-state index contributed by atoms with van der Waals surface area (Å²) in [5.74, 6) is 0.652. The predicted molar refractivity (Wildman–Crippen MR) is 177 cm³/mol. The van der Waals surface area contributed by atoms with Crippen LogP contribution in [0.5, 0.6) is 11.5 Å². The Labute approximate surface area is 302 Å². The Bertz CT molecular complexity index is 1020. The first-order valence-electron chi connectivity index (χ1n) is 15.4. The van der Waals surface area contributed by atoms with E-state index in [1.165, 1.54) is 0 Å². The van der Waals surface area contributed by atoms with Gasteiger partial charge < -0.3 is 39.4 Å². The van der Waals surface area contributed by atoms with Crippen LogP contribution in [-0.4, -0.2) is 74.1 Å². The zero-order valence-corrected chi connectivity index (χ0v) is 32.6. The molecule has 2 atom stereocenters. The Kier molecular flexibility index (Phi) is 17.6. The van der Waals surface area contributed by atoms with Gasteiger partial charge in [-0.05, 0) is 93.2 Å². The molecule has 0 heterocycles. The van der Waals surface area contributed by atoms with Gasteiger partial charge in [-0.15, -0.1) is 0 Å². The first-order valence-corrected chi connectivity index (χ1v) is 15.4. The first-order chi connectivity index (χ1) is 19.9. The SMILES string of the molecule is CCOC([O-])OCc1cc(C(C)(C)C)c(O)c(C(C)(C)C)c1.CCOC([O-])OCc1cc(C(C)(C)C)c(O)c(C(C)(C)C)c1.[Ca+2]. The van der Waals surface area contributed by atoms with Gasteiger partial charge in [-0.1, -0.05) is 83.1 Å². The second-order valence-electron chi connectivity index (χ2n) is 15.2. The smallest absolute Gasteiger partial charge is 0.809 e. The Morgan fingerprint density at radius 2 is 0.733 bits per heavy atom. The van der Waals surface area contributed by atoms with Gasteiger partial charge in [0.05, 0.1) is 26.2 Å². The molecule has 0 aliphatic rings. The van der Waals surface area contributed by atoms with Crippen molar-refractivity contribution in [3.8, 4) is 11.5 Å². The maximum Gasteiger partial charge on any atom is 2.00 e. The van der Waals surface area contributed by atoms with E-state index in [-0.39, 0.29) is 72.6 Å². The van der Waals surface area contributed by atoms with E-state index in [0.717, 1.165) is 33.4 Å². The van der Waals surface area contributed by atoms with Crippen LogP contribution in [0.2, 0.25) is 0 Å². The standard InChI is InChI=1S/2C18H29O4.Ca/c2*1-8-21-16(20)22-11-12-9-13(17(2,3)4)15(19)14(10-12)18(5,6)7;/h2*9-10,16,19H,8,11H2,1-7H3;/q2*-1;+2. The minimum Gasteiger partial charge on any atom is -0.809 e. The molecule has 0 aliphatic heterocycles. The van der Waals surface area contributed by atoms with Gasteiger partial charge in [-0.3, -0.25) is 0 Å². The average Bonchev–Trinajstić information content (AvgIpc) is 2.85. The van der Waals surface area contributed by atoms with Gasteiger partial charge in [0, 0.05) is 13.2 Å². The molecule has 9 heteroatoms. The molecule has 0 spiro atoms. The normalized spacial score (nSPS) is 13.9. The summed E-state index contributed by atoms with van der Waals surface area (Å²) in [6.45, 7) is 26.2. The second-order valence-corrected chi connectivity index (χ2v) is 15.2. The van der Waals surface area contributed by atoms with Crippen LogP contribution in [0.15, 0.2) is 24.3 Å². The first kappa shape index (κ1) is 44.1. The molecule has 45 heavy (non-hydrogen) atoms.